The minimum absolute atomic E-state index is 0.140. The minimum atomic E-state index is -2.32. The molecule has 3 rings (SSSR count). The first kappa shape index (κ1) is 17.1. The molecule has 0 saturated heterocycles. The van der Waals surface area contributed by atoms with E-state index in [4.69, 9.17) is 32.7 Å². The van der Waals surface area contributed by atoms with Crippen LogP contribution in [0.25, 0.3) is 0 Å². The van der Waals surface area contributed by atoms with Gasteiger partial charge in [-0.15, -0.1) is 0 Å². The first-order valence-electron chi connectivity index (χ1n) is 7.46. The Bertz CT molecular complexity index is 778. The van der Waals surface area contributed by atoms with Gasteiger partial charge in [0, 0.05) is 10.6 Å². The van der Waals surface area contributed by atoms with Crippen LogP contribution in [0.4, 0.5) is 0 Å². The van der Waals surface area contributed by atoms with E-state index in [2.05, 4.69) is 0 Å². The number of carboxylic acid groups (broad SMARTS) is 1. The predicted octanol–water partition coefficient (Wildman–Crippen LogP) is 4.63. The van der Waals surface area contributed by atoms with Crippen molar-refractivity contribution in [3.8, 4) is 5.75 Å². The first-order chi connectivity index (χ1) is 11.3. The lowest BCUT2D eigenvalue weighted by Gasteiger charge is -2.46. The molecule has 0 spiro atoms. The number of rotatable bonds is 3. The monoisotopic (exact) mass is 366 g/mol. The van der Waals surface area contributed by atoms with Gasteiger partial charge < -0.3 is 14.6 Å². The molecule has 2 unspecified atom stereocenters. The lowest BCUT2D eigenvalue weighted by molar-refractivity contribution is -0.233. The van der Waals surface area contributed by atoms with Crippen LogP contribution in [0.15, 0.2) is 48.5 Å². The molecule has 0 amide bonds. The van der Waals surface area contributed by atoms with Gasteiger partial charge in [0.05, 0.1) is 0 Å². The van der Waals surface area contributed by atoms with E-state index in [0.717, 1.165) is 5.56 Å². The number of hydrogen-bond acceptors (Lipinski definition) is 3. The Balaban J connectivity index is 2.34. The maximum atomic E-state index is 11.7. The summed E-state index contributed by atoms with van der Waals surface area (Å²) in [6.07, 6.45) is 0. The molecule has 4 nitrogen and oxygen atoms in total. The van der Waals surface area contributed by atoms with Gasteiger partial charge in [-0.2, -0.15) is 0 Å². The molecule has 1 aliphatic rings. The summed E-state index contributed by atoms with van der Waals surface area (Å²) < 4.78 is 11.4. The Kier molecular flexibility index (Phi) is 4.24. The summed E-state index contributed by atoms with van der Waals surface area (Å²) in [6, 6.07) is 14.3. The number of halogens is 2. The second kappa shape index (κ2) is 5.96. The van der Waals surface area contributed by atoms with E-state index in [1.165, 1.54) is 0 Å². The van der Waals surface area contributed by atoms with E-state index < -0.39 is 16.8 Å². The fourth-order valence-corrected chi connectivity index (χ4v) is 3.43. The second-order valence-corrected chi connectivity index (χ2v) is 6.88. The zero-order valence-corrected chi connectivity index (χ0v) is 14.6. The fraction of sp³-hybridized carbons (Fsp3) is 0.278. The van der Waals surface area contributed by atoms with Gasteiger partial charge in [0.1, 0.15) is 11.4 Å². The van der Waals surface area contributed by atoms with E-state index in [1.807, 2.05) is 44.2 Å². The Morgan fingerprint density at radius 2 is 1.83 bits per heavy atom. The minimum Gasteiger partial charge on any atom is -0.475 e. The number of hydrogen-bond donors (Lipinski definition) is 1. The quantitative estimate of drug-likeness (QED) is 0.804. The van der Waals surface area contributed by atoms with Crippen LogP contribution in [-0.2, 0) is 15.1 Å². The van der Waals surface area contributed by atoms with E-state index in [-0.39, 0.29) is 5.92 Å². The molecule has 0 saturated carbocycles. The van der Waals surface area contributed by atoms with Crippen molar-refractivity contribution in [2.45, 2.75) is 24.7 Å². The van der Waals surface area contributed by atoms with Crippen molar-refractivity contribution in [2.24, 2.45) is 5.92 Å². The molecule has 1 heterocycles. The van der Waals surface area contributed by atoms with Crippen LogP contribution >= 0.6 is 23.2 Å². The smallest absolute Gasteiger partial charge is 0.395 e. The van der Waals surface area contributed by atoms with Crippen molar-refractivity contribution in [1.29, 1.82) is 0 Å². The number of fused-ring (bicyclic) bond motifs is 1. The van der Waals surface area contributed by atoms with Crippen LogP contribution in [0, 0.1) is 5.92 Å². The highest BCUT2D eigenvalue weighted by Gasteiger charge is 2.56. The lowest BCUT2D eigenvalue weighted by atomic mass is 9.76. The van der Waals surface area contributed by atoms with Gasteiger partial charge in [0.2, 0.25) is 0 Å². The Morgan fingerprint density at radius 1 is 1.17 bits per heavy atom. The Labute approximate surface area is 149 Å². The summed E-state index contributed by atoms with van der Waals surface area (Å²) in [5.74, 6) is -1.22. The van der Waals surface area contributed by atoms with Crippen molar-refractivity contribution in [3.05, 3.63) is 64.7 Å². The van der Waals surface area contributed by atoms with Gasteiger partial charge in [-0.05, 0) is 41.3 Å². The Hall–Kier alpha value is -1.75. The van der Waals surface area contributed by atoms with Gasteiger partial charge in [-0.3, -0.25) is 0 Å². The molecule has 1 aliphatic heterocycles. The Morgan fingerprint density at radius 3 is 2.42 bits per heavy atom. The average molecular weight is 367 g/mol. The molecule has 0 fully saturated rings. The van der Waals surface area contributed by atoms with Crippen molar-refractivity contribution >= 4 is 29.2 Å². The van der Waals surface area contributed by atoms with Crippen molar-refractivity contribution in [2.75, 3.05) is 0 Å². The molecule has 2 aromatic rings. The topological polar surface area (TPSA) is 55.8 Å². The zero-order valence-electron chi connectivity index (χ0n) is 13.1. The summed E-state index contributed by atoms with van der Waals surface area (Å²) in [5.41, 5.74) is 0.312. The highest BCUT2D eigenvalue weighted by molar-refractivity contribution is 6.32. The molecule has 24 heavy (non-hydrogen) atoms. The van der Waals surface area contributed by atoms with Crippen LogP contribution in [0.3, 0.4) is 0 Å². The van der Waals surface area contributed by atoms with Crippen molar-refractivity contribution < 1.29 is 19.4 Å². The zero-order chi connectivity index (χ0) is 17.5. The number of carbonyl (C=O) groups is 1. The normalized spacial score (nSPS) is 25.9. The van der Waals surface area contributed by atoms with Crippen LogP contribution in [-0.4, -0.2) is 16.3 Å². The fourth-order valence-electron chi connectivity index (χ4n) is 3.06. The second-order valence-electron chi connectivity index (χ2n) is 5.94. The predicted molar refractivity (Wildman–Crippen MR) is 91.4 cm³/mol. The molecule has 1 N–H and O–H groups in total. The number of aliphatic carboxylic acids is 1. The molecule has 2 aromatic carbocycles. The summed E-state index contributed by atoms with van der Waals surface area (Å²) in [6.45, 7) is 3.87. The van der Waals surface area contributed by atoms with Crippen LogP contribution in [0.2, 0.25) is 5.02 Å². The largest absolute Gasteiger partial charge is 0.475 e. The van der Waals surface area contributed by atoms with E-state index in [1.54, 1.807) is 18.2 Å². The third kappa shape index (κ3) is 2.55. The highest BCUT2D eigenvalue weighted by atomic mass is 35.5. The van der Waals surface area contributed by atoms with Crippen molar-refractivity contribution in [3.63, 3.8) is 0 Å². The van der Waals surface area contributed by atoms with E-state index in [9.17, 15) is 9.90 Å². The molecule has 6 heteroatoms. The van der Waals surface area contributed by atoms with Crippen LogP contribution in [0.5, 0.6) is 5.75 Å². The number of carboxylic acids is 1. The standard InChI is InChI=1S/C18H16Cl2O4/c1-11(2)17(12-6-4-3-5-7-12)14-10-13(19)8-9-15(14)23-18(20,24-17)16(21)22/h3-11H,1-2H3,(H,21,22). The van der Waals surface area contributed by atoms with Crippen molar-refractivity contribution in [1.82, 2.24) is 0 Å². The molecule has 0 radical (unpaired) electrons. The number of benzene rings is 2. The summed E-state index contributed by atoms with van der Waals surface area (Å²) >= 11 is 12.3. The van der Waals surface area contributed by atoms with Gasteiger partial charge in [-0.1, -0.05) is 55.8 Å². The molecule has 0 aromatic heterocycles. The van der Waals surface area contributed by atoms with Gasteiger partial charge in [-0.25, -0.2) is 4.79 Å². The highest BCUT2D eigenvalue weighted by Crippen LogP contribution is 2.52. The summed E-state index contributed by atoms with van der Waals surface area (Å²) in [5, 5.41) is 7.71. The molecular weight excluding hydrogens is 351 g/mol. The molecular formula is C18H16Cl2O4. The third-order valence-electron chi connectivity index (χ3n) is 4.15. The van der Waals surface area contributed by atoms with Gasteiger partial charge >= 0.3 is 11.2 Å². The van der Waals surface area contributed by atoms with Gasteiger partial charge in [0.15, 0.2) is 0 Å². The molecule has 0 aliphatic carbocycles. The van der Waals surface area contributed by atoms with E-state index in [0.29, 0.717) is 16.3 Å². The SMILES string of the molecule is CC(C)C1(c2ccccc2)OC(Cl)(C(=O)O)Oc2ccc(Cl)cc21. The van der Waals surface area contributed by atoms with E-state index >= 15 is 0 Å². The third-order valence-corrected chi connectivity index (χ3v) is 4.70. The van der Waals surface area contributed by atoms with Gasteiger partial charge in [0.25, 0.3) is 0 Å². The van der Waals surface area contributed by atoms with Crippen LogP contribution in [0.1, 0.15) is 25.0 Å². The summed E-state index contributed by atoms with van der Waals surface area (Å²) in [4.78, 5) is 11.7. The maximum absolute atomic E-state index is 11.7. The number of alkyl halides is 1. The maximum Gasteiger partial charge on any atom is 0.395 e. The first-order valence-corrected chi connectivity index (χ1v) is 8.22. The molecule has 2 atom stereocenters. The number of ether oxygens (including phenoxy) is 2. The average Bonchev–Trinajstić information content (AvgIpc) is 2.55. The lowest BCUT2D eigenvalue weighted by Crippen LogP contribution is -2.54. The molecule has 0 bridgehead atoms. The summed E-state index contributed by atoms with van der Waals surface area (Å²) in [7, 11) is 0. The molecule has 126 valence electrons. The van der Waals surface area contributed by atoms with Crippen LogP contribution < -0.4 is 4.74 Å².